The lowest BCUT2D eigenvalue weighted by molar-refractivity contribution is 0.0953. The van der Waals surface area contributed by atoms with Gasteiger partial charge in [-0.15, -0.1) is 11.8 Å². The number of hydrogen-bond acceptors (Lipinski definition) is 4. The Labute approximate surface area is 167 Å². The molecule has 0 aliphatic carbocycles. The Balaban J connectivity index is 1.38. The molecule has 0 spiro atoms. The van der Waals surface area contributed by atoms with Crippen LogP contribution in [0.15, 0.2) is 46.1 Å². The fourth-order valence-electron chi connectivity index (χ4n) is 3.92. The first-order chi connectivity index (χ1) is 13.1. The van der Waals surface area contributed by atoms with E-state index in [9.17, 15) is 9.59 Å². The largest absolute Gasteiger partial charge is 0.351 e. The monoisotopic (exact) mass is 403 g/mol. The molecule has 2 atom stereocenters. The molecule has 142 valence electrons. The summed E-state index contributed by atoms with van der Waals surface area (Å²) in [5.41, 5.74) is 1.13. The highest BCUT2D eigenvalue weighted by Crippen LogP contribution is 2.31. The number of thioether (sulfide) groups is 1. The summed E-state index contributed by atoms with van der Waals surface area (Å²) < 4.78 is 1.82. The van der Waals surface area contributed by atoms with Gasteiger partial charge in [0.05, 0.1) is 0 Å². The summed E-state index contributed by atoms with van der Waals surface area (Å²) >= 11 is 7.52. The number of nitrogens with one attached hydrogen (secondary N) is 2. The quantitative estimate of drug-likeness (QED) is 0.595. The standard InChI is InChI=1S/C20H22ClN3O2S/c21-15-1-3-16(4-2-15)27-8-7-23-19(25)17-5-6-18-14-9-13(10-22-11-14)12-24(18)20(17)26/h1-6,13-14,22H,7-12H2,(H,23,25)/t13-,14+/m0/s1. The molecule has 5 nitrogen and oxygen atoms in total. The van der Waals surface area contributed by atoms with Crippen LogP contribution in [0.4, 0.5) is 0 Å². The van der Waals surface area contributed by atoms with Gasteiger partial charge >= 0.3 is 0 Å². The first-order valence-electron chi connectivity index (χ1n) is 9.23. The minimum absolute atomic E-state index is 0.160. The molecule has 2 bridgehead atoms. The maximum atomic E-state index is 12.8. The number of piperidine rings is 1. The second-order valence-electron chi connectivity index (χ2n) is 7.10. The predicted octanol–water partition coefficient (Wildman–Crippen LogP) is 2.73. The molecule has 3 heterocycles. The summed E-state index contributed by atoms with van der Waals surface area (Å²) in [6.45, 7) is 3.05. The Hall–Kier alpha value is -1.76. The van der Waals surface area contributed by atoms with Gasteiger partial charge in [0.2, 0.25) is 0 Å². The minimum atomic E-state index is -0.291. The van der Waals surface area contributed by atoms with Gasteiger partial charge in [0.15, 0.2) is 0 Å². The van der Waals surface area contributed by atoms with Gasteiger partial charge in [0, 0.05) is 46.9 Å². The lowest BCUT2D eigenvalue weighted by Crippen LogP contribution is -2.46. The molecule has 7 heteroatoms. The molecule has 1 amide bonds. The van der Waals surface area contributed by atoms with Crippen LogP contribution in [-0.2, 0) is 6.54 Å². The highest BCUT2D eigenvalue weighted by atomic mass is 35.5. The van der Waals surface area contributed by atoms with Crippen molar-refractivity contribution in [2.24, 2.45) is 5.92 Å². The third-order valence-electron chi connectivity index (χ3n) is 5.22. The van der Waals surface area contributed by atoms with Gasteiger partial charge < -0.3 is 15.2 Å². The summed E-state index contributed by atoms with van der Waals surface area (Å²) in [6, 6.07) is 11.2. The summed E-state index contributed by atoms with van der Waals surface area (Å²) in [4.78, 5) is 26.4. The molecule has 1 aromatic heterocycles. The molecule has 4 rings (SSSR count). The van der Waals surface area contributed by atoms with Gasteiger partial charge in [0.1, 0.15) is 5.56 Å². The highest BCUT2D eigenvalue weighted by molar-refractivity contribution is 7.99. The zero-order chi connectivity index (χ0) is 18.8. The van der Waals surface area contributed by atoms with E-state index in [1.165, 1.54) is 0 Å². The number of aromatic nitrogens is 1. The third-order valence-corrected chi connectivity index (χ3v) is 6.49. The van der Waals surface area contributed by atoms with E-state index in [2.05, 4.69) is 10.6 Å². The molecule has 2 N–H and O–H groups in total. The van der Waals surface area contributed by atoms with Crippen molar-refractivity contribution in [3.63, 3.8) is 0 Å². The van der Waals surface area contributed by atoms with E-state index in [4.69, 9.17) is 11.6 Å². The first kappa shape index (κ1) is 18.6. The zero-order valence-corrected chi connectivity index (χ0v) is 16.5. The van der Waals surface area contributed by atoms with Gasteiger partial charge in [0.25, 0.3) is 11.5 Å². The summed E-state index contributed by atoms with van der Waals surface area (Å²) in [6.07, 6.45) is 1.12. The SMILES string of the molecule is O=C(NCCSc1ccc(Cl)cc1)c1ccc2n(c1=O)C[C@@H]1CNC[C@H]2C1. The maximum Gasteiger partial charge on any atom is 0.263 e. The van der Waals surface area contributed by atoms with E-state index in [0.717, 1.165) is 35.9 Å². The second kappa shape index (κ2) is 8.09. The molecule has 2 aliphatic rings. The van der Waals surface area contributed by atoms with Gasteiger partial charge in [-0.05, 0) is 55.3 Å². The summed E-state index contributed by atoms with van der Waals surface area (Å²) in [7, 11) is 0. The van der Waals surface area contributed by atoms with Crippen LogP contribution in [0, 0.1) is 5.92 Å². The maximum absolute atomic E-state index is 12.8. The van der Waals surface area contributed by atoms with Crippen LogP contribution < -0.4 is 16.2 Å². The number of carbonyl (C=O) groups is 1. The molecule has 2 aliphatic heterocycles. The van der Waals surface area contributed by atoms with Crippen molar-refractivity contribution < 1.29 is 4.79 Å². The molecule has 0 unspecified atom stereocenters. The Morgan fingerprint density at radius 2 is 2.04 bits per heavy atom. The van der Waals surface area contributed by atoms with Gasteiger partial charge in [-0.3, -0.25) is 9.59 Å². The fourth-order valence-corrected chi connectivity index (χ4v) is 4.82. The Morgan fingerprint density at radius 3 is 2.85 bits per heavy atom. The fraction of sp³-hybridized carbons (Fsp3) is 0.400. The second-order valence-corrected chi connectivity index (χ2v) is 8.71. The number of nitrogens with zero attached hydrogens (tertiary/aromatic N) is 1. The first-order valence-corrected chi connectivity index (χ1v) is 10.6. The average Bonchev–Trinajstić information content (AvgIpc) is 2.67. The van der Waals surface area contributed by atoms with Gasteiger partial charge in [-0.25, -0.2) is 0 Å². The van der Waals surface area contributed by atoms with Crippen molar-refractivity contribution in [2.75, 3.05) is 25.4 Å². The van der Waals surface area contributed by atoms with Crippen LogP contribution in [0.1, 0.15) is 28.4 Å². The van der Waals surface area contributed by atoms with Crippen LogP contribution in [0.2, 0.25) is 5.02 Å². The Morgan fingerprint density at radius 1 is 1.22 bits per heavy atom. The molecule has 0 radical (unpaired) electrons. The molecule has 2 aromatic rings. The van der Waals surface area contributed by atoms with Gasteiger partial charge in [-0.2, -0.15) is 0 Å². The van der Waals surface area contributed by atoms with Gasteiger partial charge in [-0.1, -0.05) is 11.6 Å². The van der Waals surface area contributed by atoms with Crippen LogP contribution in [0.25, 0.3) is 0 Å². The summed E-state index contributed by atoms with van der Waals surface area (Å²) in [5, 5.41) is 7.01. The lowest BCUT2D eigenvalue weighted by Gasteiger charge is -2.37. The number of pyridine rings is 1. The molecular formula is C20H22ClN3O2S. The number of hydrogen-bond donors (Lipinski definition) is 2. The number of fused-ring (bicyclic) bond motifs is 4. The number of rotatable bonds is 5. The van der Waals surface area contributed by atoms with Crippen LogP contribution in [0.3, 0.4) is 0 Å². The normalized spacial score (nSPS) is 20.8. The molecule has 1 aromatic carbocycles. The van der Waals surface area contributed by atoms with Crippen molar-refractivity contribution in [1.29, 1.82) is 0 Å². The van der Waals surface area contributed by atoms with Crippen molar-refractivity contribution >= 4 is 29.3 Å². The molecule has 0 saturated carbocycles. The van der Waals surface area contributed by atoms with E-state index in [1.54, 1.807) is 17.8 Å². The average molecular weight is 404 g/mol. The van der Waals surface area contributed by atoms with Crippen molar-refractivity contribution in [3.8, 4) is 0 Å². The van der Waals surface area contributed by atoms with Crippen LogP contribution in [0.5, 0.6) is 0 Å². The number of halogens is 1. The predicted molar refractivity (Wildman–Crippen MR) is 109 cm³/mol. The van der Waals surface area contributed by atoms with E-state index in [-0.39, 0.29) is 17.0 Å². The smallest absolute Gasteiger partial charge is 0.263 e. The van der Waals surface area contributed by atoms with Crippen molar-refractivity contribution in [1.82, 2.24) is 15.2 Å². The van der Waals surface area contributed by atoms with E-state index < -0.39 is 0 Å². The Bertz CT molecular complexity index is 897. The van der Waals surface area contributed by atoms with Crippen molar-refractivity contribution in [2.45, 2.75) is 23.8 Å². The van der Waals surface area contributed by atoms with E-state index in [1.807, 2.05) is 34.9 Å². The Kier molecular flexibility index (Phi) is 5.57. The number of amides is 1. The topological polar surface area (TPSA) is 63.1 Å². The molecule has 1 fully saturated rings. The molecule has 1 saturated heterocycles. The third kappa shape index (κ3) is 4.08. The van der Waals surface area contributed by atoms with Crippen molar-refractivity contribution in [3.05, 3.63) is 63.0 Å². The van der Waals surface area contributed by atoms with E-state index >= 15 is 0 Å². The van der Waals surface area contributed by atoms with Crippen LogP contribution in [-0.4, -0.2) is 35.9 Å². The molecule has 27 heavy (non-hydrogen) atoms. The van der Waals surface area contributed by atoms with E-state index in [0.29, 0.717) is 29.9 Å². The zero-order valence-electron chi connectivity index (χ0n) is 14.9. The lowest BCUT2D eigenvalue weighted by atomic mass is 9.84. The minimum Gasteiger partial charge on any atom is -0.351 e. The summed E-state index contributed by atoms with van der Waals surface area (Å²) in [5.74, 6) is 1.29. The highest BCUT2D eigenvalue weighted by Gasteiger charge is 2.31. The number of carbonyl (C=O) groups excluding carboxylic acids is 1. The molecular weight excluding hydrogens is 382 g/mol. The van der Waals surface area contributed by atoms with Crippen LogP contribution >= 0.6 is 23.4 Å². The number of benzene rings is 1.